The van der Waals surface area contributed by atoms with E-state index in [0.717, 1.165) is 12.2 Å². The summed E-state index contributed by atoms with van der Waals surface area (Å²) >= 11 is 0. The summed E-state index contributed by atoms with van der Waals surface area (Å²) in [6.07, 6.45) is 10.4. The van der Waals surface area contributed by atoms with E-state index < -0.39 is 0 Å². The molecule has 0 radical (unpaired) electrons. The van der Waals surface area contributed by atoms with Crippen molar-refractivity contribution in [3.63, 3.8) is 0 Å². The lowest BCUT2D eigenvalue weighted by atomic mass is 9.88. The van der Waals surface area contributed by atoms with E-state index >= 15 is 0 Å². The molecule has 0 aliphatic heterocycles. The molecule has 1 aromatic rings. The highest BCUT2D eigenvalue weighted by Gasteiger charge is 2.18. The minimum atomic E-state index is 0.990. The van der Waals surface area contributed by atoms with E-state index in [1.54, 1.807) is 7.11 Å². The fraction of sp³-hybridized carbons (Fsp3) is 0.500. The van der Waals surface area contributed by atoms with Gasteiger partial charge < -0.3 is 10.1 Å². The smallest absolute Gasteiger partial charge is 0.128 e. The molecule has 0 heterocycles. The topological polar surface area (TPSA) is 21.3 Å². The number of nitrogens with one attached hydrogen (secondary N) is 1. The summed E-state index contributed by atoms with van der Waals surface area (Å²) < 4.78 is 5.56. The van der Waals surface area contributed by atoms with Crippen LogP contribution in [0.2, 0.25) is 0 Å². The number of fused-ring (bicyclic) bond motifs is 1. The van der Waals surface area contributed by atoms with E-state index in [-0.39, 0.29) is 0 Å². The number of hydrogen-bond acceptors (Lipinski definition) is 2. The van der Waals surface area contributed by atoms with Crippen molar-refractivity contribution in [3.8, 4) is 5.75 Å². The number of rotatable bonds is 4. The molecule has 0 spiro atoms. The van der Waals surface area contributed by atoms with Gasteiger partial charge in [0.05, 0.1) is 7.11 Å². The zero-order valence-corrected chi connectivity index (χ0v) is 11.7. The average molecular weight is 245 g/mol. The average Bonchev–Trinajstić information content (AvgIpc) is 2.43. The largest absolute Gasteiger partial charge is 0.496 e. The van der Waals surface area contributed by atoms with Crippen molar-refractivity contribution in [1.82, 2.24) is 0 Å². The van der Waals surface area contributed by atoms with Gasteiger partial charge in [-0.1, -0.05) is 19.1 Å². The third kappa shape index (κ3) is 2.38. The van der Waals surface area contributed by atoms with Crippen molar-refractivity contribution < 1.29 is 4.74 Å². The van der Waals surface area contributed by atoms with Gasteiger partial charge in [0.1, 0.15) is 5.75 Å². The Morgan fingerprint density at radius 1 is 1.33 bits per heavy atom. The number of aryl methyl sites for hydroxylation is 1. The van der Waals surface area contributed by atoms with E-state index in [0.29, 0.717) is 0 Å². The van der Waals surface area contributed by atoms with Crippen LogP contribution in [-0.2, 0) is 12.8 Å². The number of benzene rings is 1. The van der Waals surface area contributed by atoms with Crippen LogP contribution in [0.4, 0.5) is 5.69 Å². The number of hydrogen-bond donors (Lipinski definition) is 1. The van der Waals surface area contributed by atoms with Crippen LogP contribution in [-0.4, -0.2) is 14.2 Å². The summed E-state index contributed by atoms with van der Waals surface area (Å²) in [6.45, 7) is 2.15. The third-order valence-corrected chi connectivity index (χ3v) is 3.64. The molecule has 0 saturated carbocycles. The second-order valence-electron chi connectivity index (χ2n) is 4.77. The van der Waals surface area contributed by atoms with Crippen LogP contribution in [0.3, 0.4) is 0 Å². The Morgan fingerprint density at radius 3 is 2.78 bits per heavy atom. The summed E-state index contributed by atoms with van der Waals surface area (Å²) in [5, 5.41) is 3.38. The van der Waals surface area contributed by atoms with Gasteiger partial charge in [0, 0.05) is 18.3 Å². The van der Waals surface area contributed by atoms with E-state index in [4.69, 9.17) is 4.74 Å². The highest BCUT2D eigenvalue weighted by molar-refractivity contribution is 5.76. The molecule has 2 rings (SSSR count). The quantitative estimate of drug-likeness (QED) is 0.864. The van der Waals surface area contributed by atoms with Crippen molar-refractivity contribution in [3.05, 3.63) is 28.8 Å². The first-order chi connectivity index (χ1) is 8.81. The van der Waals surface area contributed by atoms with Crippen molar-refractivity contribution in [2.45, 2.75) is 39.0 Å². The van der Waals surface area contributed by atoms with Crippen LogP contribution >= 0.6 is 0 Å². The molecule has 1 aliphatic rings. The molecule has 1 aromatic carbocycles. The zero-order chi connectivity index (χ0) is 13.0. The zero-order valence-electron chi connectivity index (χ0n) is 11.7. The van der Waals surface area contributed by atoms with Gasteiger partial charge in [0.2, 0.25) is 0 Å². The first-order valence-corrected chi connectivity index (χ1v) is 6.88. The molecular formula is C16H23NO. The van der Waals surface area contributed by atoms with E-state index in [2.05, 4.69) is 30.5 Å². The Morgan fingerprint density at radius 2 is 2.11 bits per heavy atom. The van der Waals surface area contributed by atoms with Crippen LogP contribution in [0.25, 0.3) is 6.08 Å². The van der Waals surface area contributed by atoms with Gasteiger partial charge in [0.25, 0.3) is 0 Å². The lowest BCUT2D eigenvalue weighted by molar-refractivity contribution is 0.413. The van der Waals surface area contributed by atoms with Gasteiger partial charge in [-0.05, 0) is 49.3 Å². The summed E-state index contributed by atoms with van der Waals surface area (Å²) in [4.78, 5) is 0. The molecule has 98 valence electrons. The lowest BCUT2D eigenvalue weighted by Gasteiger charge is -2.23. The molecule has 0 unspecified atom stereocenters. The molecule has 0 saturated heterocycles. The highest BCUT2D eigenvalue weighted by atomic mass is 16.5. The summed E-state index contributed by atoms with van der Waals surface area (Å²) in [5.41, 5.74) is 5.40. The van der Waals surface area contributed by atoms with Gasteiger partial charge in [-0.25, -0.2) is 0 Å². The van der Waals surface area contributed by atoms with Crippen LogP contribution < -0.4 is 10.1 Å². The van der Waals surface area contributed by atoms with Crippen molar-refractivity contribution >= 4 is 11.8 Å². The minimum absolute atomic E-state index is 0.990. The van der Waals surface area contributed by atoms with E-state index in [9.17, 15) is 0 Å². The van der Waals surface area contributed by atoms with Crippen LogP contribution in [0.5, 0.6) is 5.75 Å². The predicted molar refractivity (Wildman–Crippen MR) is 78.5 cm³/mol. The molecule has 2 nitrogen and oxygen atoms in total. The summed E-state index contributed by atoms with van der Waals surface area (Å²) in [5.74, 6) is 0.990. The Hall–Kier alpha value is -1.44. The molecule has 18 heavy (non-hydrogen) atoms. The highest BCUT2D eigenvalue weighted by Crippen LogP contribution is 2.37. The van der Waals surface area contributed by atoms with Gasteiger partial charge >= 0.3 is 0 Å². The molecular weight excluding hydrogens is 222 g/mol. The fourth-order valence-electron chi connectivity index (χ4n) is 2.75. The second-order valence-corrected chi connectivity index (χ2v) is 4.77. The second kappa shape index (κ2) is 5.94. The first-order valence-electron chi connectivity index (χ1n) is 6.88. The maximum Gasteiger partial charge on any atom is 0.128 e. The molecule has 0 fully saturated rings. The van der Waals surface area contributed by atoms with Crippen LogP contribution in [0.15, 0.2) is 12.1 Å². The standard InChI is InChI=1S/C16H23NO/c1-4-5-9-14-15(18-3)11-12-8-6-7-10-13(12)16(14)17-2/h5,9,11,17H,4,6-8,10H2,1-3H3/b9-5+. The van der Waals surface area contributed by atoms with Gasteiger partial charge in [-0.15, -0.1) is 0 Å². The van der Waals surface area contributed by atoms with Crippen LogP contribution in [0, 0.1) is 0 Å². The van der Waals surface area contributed by atoms with Crippen molar-refractivity contribution in [2.75, 3.05) is 19.5 Å². The molecule has 0 amide bonds. The Kier molecular flexibility index (Phi) is 4.29. The van der Waals surface area contributed by atoms with E-state index in [1.165, 1.54) is 48.1 Å². The van der Waals surface area contributed by atoms with Gasteiger partial charge in [-0.3, -0.25) is 0 Å². The maximum atomic E-state index is 5.56. The molecule has 0 bridgehead atoms. The summed E-state index contributed by atoms with van der Waals surface area (Å²) in [6, 6.07) is 2.23. The summed E-state index contributed by atoms with van der Waals surface area (Å²) in [7, 11) is 3.76. The molecule has 0 aromatic heterocycles. The Labute approximate surface area is 110 Å². The normalized spacial score (nSPS) is 14.6. The monoisotopic (exact) mass is 245 g/mol. The van der Waals surface area contributed by atoms with Gasteiger partial charge in [0.15, 0.2) is 0 Å². The SMILES string of the molecule is CC/C=C/c1c(OC)cc2c(c1NC)CCCC2. The maximum absolute atomic E-state index is 5.56. The van der Waals surface area contributed by atoms with Crippen LogP contribution in [0.1, 0.15) is 42.9 Å². The minimum Gasteiger partial charge on any atom is -0.496 e. The first kappa shape index (κ1) is 13.0. The van der Waals surface area contributed by atoms with Gasteiger partial charge in [-0.2, -0.15) is 0 Å². The van der Waals surface area contributed by atoms with E-state index in [1.807, 2.05) is 7.05 Å². The van der Waals surface area contributed by atoms with Crippen molar-refractivity contribution in [1.29, 1.82) is 0 Å². The number of methoxy groups -OCH3 is 1. The Bertz CT molecular complexity index is 449. The predicted octanol–water partition coefficient (Wildman–Crippen LogP) is 4.04. The molecule has 0 atom stereocenters. The number of anilines is 1. The fourth-order valence-corrected chi connectivity index (χ4v) is 2.75. The molecule has 2 heteroatoms. The number of allylic oxidation sites excluding steroid dienone is 1. The molecule has 1 aliphatic carbocycles. The molecule has 1 N–H and O–H groups in total. The third-order valence-electron chi connectivity index (χ3n) is 3.64. The lowest BCUT2D eigenvalue weighted by Crippen LogP contribution is -2.09. The Balaban J connectivity index is 2.57. The van der Waals surface area contributed by atoms with Crippen molar-refractivity contribution in [2.24, 2.45) is 0 Å². The number of ether oxygens (including phenoxy) is 1.